The average molecular weight is 292 g/mol. The number of carbonyl (C=O) groups excluding carboxylic acids is 1. The van der Waals surface area contributed by atoms with Gasteiger partial charge in [-0.1, -0.05) is 30.3 Å². The number of esters is 1. The third kappa shape index (κ3) is 7.86. The molecule has 1 atom stereocenters. The van der Waals surface area contributed by atoms with Crippen LogP contribution in [0.15, 0.2) is 30.3 Å². The highest BCUT2D eigenvalue weighted by Crippen LogP contribution is 2.16. The molecule has 0 fully saturated rings. The van der Waals surface area contributed by atoms with Crippen molar-refractivity contribution >= 4 is 5.97 Å². The standard InChI is InChI=1S/C18H28O3/c1-18(2,3)17(20)21-14-8-7-11-16(19)13-12-15-9-5-4-6-10-15/h4-6,9-10,16,19H,7-8,11-14H2,1-3H3/t16-/m0/s1. The van der Waals surface area contributed by atoms with Crippen LogP contribution in [0.5, 0.6) is 0 Å². The molecule has 3 heteroatoms. The van der Waals surface area contributed by atoms with Crippen LogP contribution in [0.4, 0.5) is 0 Å². The highest BCUT2D eigenvalue weighted by molar-refractivity contribution is 5.75. The summed E-state index contributed by atoms with van der Waals surface area (Å²) in [5, 5.41) is 9.94. The van der Waals surface area contributed by atoms with E-state index >= 15 is 0 Å². The second kappa shape index (κ2) is 8.83. The number of rotatable bonds is 8. The molecule has 0 saturated heterocycles. The number of unbranched alkanes of at least 4 members (excludes halogenated alkanes) is 1. The van der Waals surface area contributed by atoms with E-state index in [4.69, 9.17) is 4.74 Å². The van der Waals surface area contributed by atoms with Crippen molar-refractivity contribution in [2.75, 3.05) is 6.61 Å². The molecule has 0 heterocycles. The maximum absolute atomic E-state index is 11.5. The lowest BCUT2D eigenvalue weighted by Crippen LogP contribution is -2.23. The molecular weight excluding hydrogens is 264 g/mol. The van der Waals surface area contributed by atoms with E-state index in [1.807, 2.05) is 39.0 Å². The number of ether oxygens (including phenoxy) is 1. The molecule has 0 amide bonds. The van der Waals surface area contributed by atoms with Crippen LogP contribution in [0.25, 0.3) is 0 Å². The second-order valence-electron chi connectivity index (χ2n) is 6.56. The van der Waals surface area contributed by atoms with E-state index in [0.717, 1.165) is 32.1 Å². The summed E-state index contributed by atoms with van der Waals surface area (Å²) >= 11 is 0. The first-order chi connectivity index (χ1) is 9.89. The molecule has 0 aromatic heterocycles. The minimum absolute atomic E-state index is 0.160. The van der Waals surface area contributed by atoms with E-state index in [1.165, 1.54) is 5.56 Å². The highest BCUT2D eigenvalue weighted by atomic mass is 16.5. The molecule has 0 aliphatic rings. The van der Waals surface area contributed by atoms with Crippen molar-refractivity contribution in [2.45, 2.75) is 59.0 Å². The van der Waals surface area contributed by atoms with Gasteiger partial charge in [-0.2, -0.15) is 0 Å². The number of hydrogen-bond donors (Lipinski definition) is 1. The van der Waals surface area contributed by atoms with Gasteiger partial charge in [0.2, 0.25) is 0 Å². The highest BCUT2D eigenvalue weighted by Gasteiger charge is 2.22. The van der Waals surface area contributed by atoms with E-state index in [0.29, 0.717) is 6.61 Å². The van der Waals surface area contributed by atoms with E-state index in [-0.39, 0.29) is 12.1 Å². The van der Waals surface area contributed by atoms with Crippen molar-refractivity contribution in [2.24, 2.45) is 5.41 Å². The summed E-state index contributed by atoms with van der Waals surface area (Å²) in [5.74, 6) is -0.160. The molecule has 0 aliphatic carbocycles. The van der Waals surface area contributed by atoms with Crippen LogP contribution in [0.2, 0.25) is 0 Å². The third-order valence-corrected chi connectivity index (χ3v) is 3.39. The normalized spacial score (nSPS) is 13.0. The average Bonchev–Trinajstić information content (AvgIpc) is 2.44. The quantitative estimate of drug-likeness (QED) is 0.586. The van der Waals surface area contributed by atoms with Crippen LogP contribution in [0, 0.1) is 5.41 Å². The second-order valence-corrected chi connectivity index (χ2v) is 6.56. The summed E-state index contributed by atoms with van der Waals surface area (Å²) in [5.41, 5.74) is 0.825. The number of aryl methyl sites for hydroxylation is 1. The van der Waals surface area contributed by atoms with Crippen LogP contribution in [0.1, 0.15) is 52.0 Å². The van der Waals surface area contributed by atoms with Gasteiger partial charge < -0.3 is 9.84 Å². The van der Waals surface area contributed by atoms with Crippen molar-refractivity contribution in [1.29, 1.82) is 0 Å². The number of hydrogen-bond acceptors (Lipinski definition) is 3. The largest absolute Gasteiger partial charge is 0.465 e. The fourth-order valence-electron chi connectivity index (χ4n) is 1.99. The van der Waals surface area contributed by atoms with Gasteiger partial charge in [0.1, 0.15) is 0 Å². The van der Waals surface area contributed by atoms with Crippen molar-refractivity contribution < 1.29 is 14.6 Å². The van der Waals surface area contributed by atoms with Gasteiger partial charge >= 0.3 is 5.97 Å². The fraction of sp³-hybridized carbons (Fsp3) is 0.611. The molecule has 1 aromatic rings. The Kier molecular flexibility index (Phi) is 7.44. The molecule has 0 saturated carbocycles. The van der Waals surface area contributed by atoms with Gasteiger partial charge in [0.15, 0.2) is 0 Å². The van der Waals surface area contributed by atoms with Crippen LogP contribution < -0.4 is 0 Å². The minimum Gasteiger partial charge on any atom is -0.465 e. The predicted octanol–water partition coefficient (Wildman–Crippen LogP) is 3.74. The number of aliphatic hydroxyl groups excluding tert-OH is 1. The topological polar surface area (TPSA) is 46.5 Å². The monoisotopic (exact) mass is 292 g/mol. The molecule has 1 aromatic carbocycles. The summed E-state index contributed by atoms with van der Waals surface area (Å²) < 4.78 is 5.20. The summed E-state index contributed by atoms with van der Waals surface area (Å²) in [4.78, 5) is 11.5. The number of benzene rings is 1. The SMILES string of the molecule is CC(C)(C)C(=O)OCCCC[C@H](O)CCc1ccccc1. The van der Waals surface area contributed by atoms with Gasteiger partial charge in [-0.15, -0.1) is 0 Å². The Hall–Kier alpha value is -1.35. The van der Waals surface area contributed by atoms with Crippen LogP contribution in [-0.2, 0) is 16.0 Å². The zero-order valence-corrected chi connectivity index (χ0v) is 13.5. The molecule has 1 N–H and O–H groups in total. The molecule has 1 rings (SSSR count). The minimum atomic E-state index is -0.435. The van der Waals surface area contributed by atoms with Gasteiger partial charge in [0.25, 0.3) is 0 Å². The van der Waals surface area contributed by atoms with Crippen molar-refractivity contribution in [3.63, 3.8) is 0 Å². The van der Waals surface area contributed by atoms with Crippen molar-refractivity contribution in [1.82, 2.24) is 0 Å². The number of carbonyl (C=O) groups is 1. The third-order valence-electron chi connectivity index (χ3n) is 3.39. The Morgan fingerprint density at radius 3 is 2.43 bits per heavy atom. The van der Waals surface area contributed by atoms with Gasteiger partial charge in [0.05, 0.1) is 18.1 Å². The van der Waals surface area contributed by atoms with E-state index in [1.54, 1.807) is 0 Å². The van der Waals surface area contributed by atoms with Crippen LogP contribution >= 0.6 is 0 Å². The summed E-state index contributed by atoms with van der Waals surface area (Å²) in [6.45, 7) is 6.00. The fourth-order valence-corrected chi connectivity index (χ4v) is 1.99. The first-order valence-electron chi connectivity index (χ1n) is 7.79. The Morgan fingerprint density at radius 2 is 1.81 bits per heavy atom. The molecule has 0 aliphatic heterocycles. The van der Waals surface area contributed by atoms with Crippen molar-refractivity contribution in [3.8, 4) is 0 Å². The Balaban J connectivity index is 2.06. The lowest BCUT2D eigenvalue weighted by atomic mass is 9.97. The predicted molar refractivity (Wildman–Crippen MR) is 85.0 cm³/mol. The maximum Gasteiger partial charge on any atom is 0.311 e. The zero-order chi connectivity index (χ0) is 15.7. The lowest BCUT2D eigenvalue weighted by molar-refractivity contribution is -0.153. The van der Waals surface area contributed by atoms with Gasteiger partial charge in [-0.3, -0.25) is 4.79 Å². The molecule has 0 radical (unpaired) electrons. The maximum atomic E-state index is 11.5. The Labute approximate surface area is 128 Å². The molecule has 0 spiro atoms. The molecule has 0 bridgehead atoms. The molecule has 3 nitrogen and oxygen atoms in total. The first kappa shape index (κ1) is 17.7. The van der Waals surface area contributed by atoms with Gasteiger partial charge in [-0.25, -0.2) is 0 Å². The van der Waals surface area contributed by atoms with Gasteiger partial charge in [0, 0.05) is 0 Å². The molecule has 21 heavy (non-hydrogen) atoms. The van der Waals surface area contributed by atoms with E-state index in [9.17, 15) is 9.90 Å². The van der Waals surface area contributed by atoms with Gasteiger partial charge in [-0.05, 0) is 58.4 Å². The molecule has 118 valence electrons. The number of aliphatic hydroxyl groups is 1. The zero-order valence-electron chi connectivity index (χ0n) is 13.5. The van der Waals surface area contributed by atoms with E-state index < -0.39 is 5.41 Å². The smallest absolute Gasteiger partial charge is 0.311 e. The van der Waals surface area contributed by atoms with Crippen LogP contribution in [0.3, 0.4) is 0 Å². The van der Waals surface area contributed by atoms with Crippen molar-refractivity contribution in [3.05, 3.63) is 35.9 Å². The lowest BCUT2D eigenvalue weighted by Gasteiger charge is -2.16. The van der Waals surface area contributed by atoms with E-state index in [2.05, 4.69) is 12.1 Å². The Bertz CT molecular complexity index is 406. The summed E-state index contributed by atoms with van der Waals surface area (Å²) in [6, 6.07) is 10.2. The Morgan fingerprint density at radius 1 is 1.14 bits per heavy atom. The summed E-state index contributed by atoms with van der Waals surface area (Å²) in [7, 11) is 0. The summed E-state index contributed by atoms with van der Waals surface area (Å²) in [6.07, 6.45) is 3.87. The van der Waals surface area contributed by atoms with Crippen LogP contribution in [-0.4, -0.2) is 23.8 Å². The molecular formula is C18H28O3. The first-order valence-corrected chi connectivity index (χ1v) is 7.79. The molecule has 0 unspecified atom stereocenters.